The Bertz CT molecular complexity index is 457. The van der Waals surface area contributed by atoms with Crippen molar-refractivity contribution >= 4 is 41.5 Å². The molecule has 0 aromatic heterocycles. The summed E-state index contributed by atoms with van der Waals surface area (Å²) in [5, 5.41) is 2.76. The minimum atomic E-state index is -0.672. The summed E-state index contributed by atoms with van der Waals surface area (Å²) in [5.74, 6) is -1.11. The van der Waals surface area contributed by atoms with Gasteiger partial charge in [-0.2, -0.15) is 0 Å². The number of unbranched alkanes of at least 4 members (excludes halogenated alkanes) is 1. The van der Waals surface area contributed by atoms with Gasteiger partial charge in [0.2, 0.25) is 0 Å². The third-order valence-corrected chi connectivity index (χ3v) is 3.38. The van der Waals surface area contributed by atoms with Crippen molar-refractivity contribution in [3.63, 3.8) is 0 Å². The second-order valence-electron chi connectivity index (χ2n) is 4.29. The first-order valence-electron chi connectivity index (χ1n) is 6.15. The molecular weight excluding hydrogens is 326 g/mol. The molecule has 20 heavy (non-hydrogen) atoms. The smallest absolute Gasteiger partial charge is 0.253 e. The Labute approximate surface area is 134 Å². The van der Waals surface area contributed by atoms with Crippen LogP contribution >= 0.6 is 35.6 Å². The standard InChI is InChI=1S/C13H17Cl2FN2O.ClH/c1-2-3-4-8(7-17)18-13(19)9-5-12(16)11(15)6-10(9)14;/h5-6,8H,2-4,7,17H2,1H3,(H,18,19);1H. The van der Waals surface area contributed by atoms with Crippen LogP contribution in [0.2, 0.25) is 10.0 Å². The summed E-state index contributed by atoms with van der Waals surface area (Å²) < 4.78 is 13.3. The van der Waals surface area contributed by atoms with Crippen LogP contribution in [-0.4, -0.2) is 18.5 Å². The molecule has 114 valence electrons. The molecular formula is C13H18Cl3FN2O. The van der Waals surface area contributed by atoms with Gasteiger partial charge in [0, 0.05) is 12.6 Å². The fourth-order valence-electron chi connectivity index (χ4n) is 1.66. The lowest BCUT2D eigenvalue weighted by Gasteiger charge is -2.17. The van der Waals surface area contributed by atoms with E-state index >= 15 is 0 Å². The molecule has 7 heteroatoms. The highest BCUT2D eigenvalue weighted by molar-refractivity contribution is 6.36. The SMILES string of the molecule is CCCCC(CN)NC(=O)c1cc(F)c(Cl)cc1Cl.Cl. The van der Waals surface area contributed by atoms with E-state index in [1.54, 1.807) is 0 Å². The molecule has 0 aliphatic heterocycles. The minimum Gasteiger partial charge on any atom is -0.348 e. The molecule has 0 aliphatic rings. The highest BCUT2D eigenvalue weighted by atomic mass is 35.5. The van der Waals surface area contributed by atoms with Crippen LogP contribution in [0.1, 0.15) is 36.5 Å². The van der Waals surface area contributed by atoms with E-state index in [-0.39, 0.29) is 34.1 Å². The average molecular weight is 344 g/mol. The number of nitrogens with one attached hydrogen (secondary N) is 1. The van der Waals surface area contributed by atoms with Gasteiger partial charge in [0.25, 0.3) is 5.91 Å². The fourth-order valence-corrected chi connectivity index (χ4v) is 2.13. The summed E-state index contributed by atoms with van der Waals surface area (Å²) in [7, 11) is 0. The predicted octanol–water partition coefficient (Wildman–Crippen LogP) is 3.80. The fraction of sp³-hybridized carbons (Fsp3) is 0.462. The molecule has 3 nitrogen and oxygen atoms in total. The van der Waals surface area contributed by atoms with Crippen LogP contribution in [0.25, 0.3) is 0 Å². The van der Waals surface area contributed by atoms with Crippen LogP contribution in [0.4, 0.5) is 4.39 Å². The zero-order valence-corrected chi connectivity index (χ0v) is 13.4. The molecule has 1 amide bonds. The van der Waals surface area contributed by atoms with Gasteiger partial charge in [0.05, 0.1) is 15.6 Å². The number of halogens is 4. The van der Waals surface area contributed by atoms with Gasteiger partial charge in [-0.05, 0) is 18.6 Å². The van der Waals surface area contributed by atoms with E-state index in [1.165, 1.54) is 6.07 Å². The summed E-state index contributed by atoms with van der Waals surface area (Å²) in [6, 6.07) is 2.12. The number of carbonyl (C=O) groups excluding carboxylic acids is 1. The summed E-state index contributed by atoms with van der Waals surface area (Å²) >= 11 is 11.5. The van der Waals surface area contributed by atoms with Gasteiger partial charge in [-0.3, -0.25) is 4.79 Å². The number of nitrogens with two attached hydrogens (primary N) is 1. The number of hydrogen-bond acceptors (Lipinski definition) is 2. The van der Waals surface area contributed by atoms with Crippen LogP contribution in [0, 0.1) is 5.82 Å². The van der Waals surface area contributed by atoms with E-state index in [9.17, 15) is 9.18 Å². The van der Waals surface area contributed by atoms with Crippen LogP contribution in [0.15, 0.2) is 12.1 Å². The maximum Gasteiger partial charge on any atom is 0.253 e. The number of benzene rings is 1. The molecule has 3 N–H and O–H groups in total. The third-order valence-electron chi connectivity index (χ3n) is 2.78. The first-order valence-corrected chi connectivity index (χ1v) is 6.90. The minimum absolute atomic E-state index is 0. The number of rotatable bonds is 6. The second kappa shape index (κ2) is 9.40. The van der Waals surface area contributed by atoms with Crippen LogP contribution in [0.5, 0.6) is 0 Å². The molecule has 0 fully saturated rings. The Hall–Kier alpha value is -0.550. The van der Waals surface area contributed by atoms with Crippen molar-refractivity contribution in [2.24, 2.45) is 5.73 Å². The van der Waals surface area contributed by atoms with E-state index < -0.39 is 11.7 Å². The highest BCUT2D eigenvalue weighted by Crippen LogP contribution is 2.24. The summed E-state index contributed by atoms with van der Waals surface area (Å²) in [5.41, 5.74) is 5.66. The maximum absolute atomic E-state index is 13.3. The van der Waals surface area contributed by atoms with Gasteiger partial charge < -0.3 is 11.1 Å². The normalized spacial score (nSPS) is 11.7. The van der Waals surface area contributed by atoms with Crippen molar-refractivity contribution in [2.45, 2.75) is 32.2 Å². The molecule has 1 aromatic carbocycles. The quantitative estimate of drug-likeness (QED) is 0.772. The topological polar surface area (TPSA) is 55.1 Å². The Morgan fingerprint density at radius 3 is 2.60 bits per heavy atom. The molecule has 1 atom stereocenters. The van der Waals surface area contributed by atoms with Crippen molar-refractivity contribution in [3.8, 4) is 0 Å². The molecule has 0 spiro atoms. The molecule has 0 saturated heterocycles. The van der Waals surface area contributed by atoms with Crippen LogP contribution < -0.4 is 11.1 Å². The van der Waals surface area contributed by atoms with Gasteiger partial charge >= 0.3 is 0 Å². The zero-order valence-electron chi connectivity index (χ0n) is 11.1. The lowest BCUT2D eigenvalue weighted by Crippen LogP contribution is -2.40. The summed E-state index contributed by atoms with van der Waals surface area (Å²) in [4.78, 5) is 12.0. The summed E-state index contributed by atoms with van der Waals surface area (Å²) in [6.07, 6.45) is 2.76. The van der Waals surface area contributed by atoms with Gasteiger partial charge in [-0.15, -0.1) is 12.4 Å². The van der Waals surface area contributed by atoms with Crippen LogP contribution in [0.3, 0.4) is 0 Å². The molecule has 0 heterocycles. The zero-order chi connectivity index (χ0) is 14.4. The van der Waals surface area contributed by atoms with Crippen molar-refractivity contribution in [1.29, 1.82) is 0 Å². The maximum atomic E-state index is 13.3. The third kappa shape index (κ3) is 5.44. The van der Waals surface area contributed by atoms with E-state index in [4.69, 9.17) is 28.9 Å². The molecule has 1 unspecified atom stereocenters. The Kier molecular flexibility index (Phi) is 9.14. The molecule has 0 saturated carbocycles. The van der Waals surface area contributed by atoms with E-state index in [0.29, 0.717) is 6.54 Å². The van der Waals surface area contributed by atoms with Gasteiger partial charge in [-0.25, -0.2) is 4.39 Å². The Morgan fingerprint density at radius 1 is 1.40 bits per heavy atom. The van der Waals surface area contributed by atoms with Crippen molar-refractivity contribution in [2.75, 3.05) is 6.54 Å². The molecule has 0 aliphatic carbocycles. The predicted molar refractivity (Wildman–Crippen MR) is 83.5 cm³/mol. The van der Waals surface area contributed by atoms with Crippen molar-refractivity contribution in [3.05, 3.63) is 33.6 Å². The van der Waals surface area contributed by atoms with Gasteiger partial charge in [-0.1, -0.05) is 43.0 Å². The monoisotopic (exact) mass is 342 g/mol. The average Bonchev–Trinajstić information content (AvgIpc) is 2.38. The molecule has 0 bridgehead atoms. The Balaban J connectivity index is 0.00000361. The molecule has 1 aromatic rings. The van der Waals surface area contributed by atoms with Crippen molar-refractivity contribution < 1.29 is 9.18 Å². The lowest BCUT2D eigenvalue weighted by atomic mass is 10.1. The first kappa shape index (κ1) is 19.4. The van der Waals surface area contributed by atoms with E-state index in [0.717, 1.165) is 25.3 Å². The van der Waals surface area contributed by atoms with E-state index in [1.807, 2.05) is 0 Å². The van der Waals surface area contributed by atoms with Crippen molar-refractivity contribution in [1.82, 2.24) is 5.32 Å². The lowest BCUT2D eigenvalue weighted by molar-refractivity contribution is 0.0935. The molecule has 1 rings (SSSR count). The number of hydrogen-bond donors (Lipinski definition) is 2. The highest BCUT2D eigenvalue weighted by Gasteiger charge is 2.17. The summed E-state index contributed by atoms with van der Waals surface area (Å²) in [6.45, 7) is 2.39. The molecule has 0 radical (unpaired) electrons. The largest absolute Gasteiger partial charge is 0.348 e. The van der Waals surface area contributed by atoms with E-state index in [2.05, 4.69) is 12.2 Å². The number of amides is 1. The number of carbonyl (C=O) groups is 1. The first-order chi connectivity index (χ1) is 8.99. The Morgan fingerprint density at radius 2 is 2.05 bits per heavy atom. The van der Waals surface area contributed by atoms with Crippen LogP contribution in [-0.2, 0) is 0 Å². The van der Waals surface area contributed by atoms with Gasteiger partial charge in [0.15, 0.2) is 0 Å². The second-order valence-corrected chi connectivity index (χ2v) is 5.11. The van der Waals surface area contributed by atoms with Gasteiger partial charge in [0.1, 0.15) is 5.82 Å².